The van der Waals surface area contributed by atoms with Crippen LogP contribution in [0.25, 0.3) is 11.2 Å². The van der Waals surface area contributed by atoms with Gasteiger partial charge in [-0.1, -0.05) is 19.1 Å². The normalized spacial score (nSPS) is 12.5. The lowest BCUT2D eigenvalue weighted by molar-refractivity contribution is 0.0928. The summed E-state index contributed by atoms with van der Waals surface area (Å²) in [4.78, 5) is 28.8. The predicted octanol–water partition coefficient (Wildman–Crippen LogP) is 1.20. The molecule has 0 spiro atoms. The molecule has 2 heterocycles. The smallest absolute Gasteiger partial charge is 0.332 e. The van der Waals surface area contributed by atoms with E-state index >= 15 is 0 Å². The number of hydrogen-bond acceptors (Lipinski definition) is 5. The first kappa shape index (κ1) is 19.4. The summed E-state index contributed by atoms with van der Waals surface area (Å²) in [6, 6.07) is 7.68. The lowest BCUT2D eigenvalue weighted by Crippen LogP contribution is -2.38. The molecule has 2 aromatic heterocycles. The molecular formula is C18H21BrN4O4. The Morgan fingerprint density at radius 3 is 2.48 bits per heavy atom. The zero-order chi connectivity index (χ0) is 19.7. The van der Waals surface area contributed by atoms with Crippen LogP contribution in [0.2, 0.25) is 0 Å². The first-order valence-corrected chi connectivity index (χ1v) is 9.34. The van der Waals surface area contributed by atoms with Crippen molar-refractivity contribution in [2.45, 2.75) is 26.0 Å². The molecule has 3 rings (SSSR count). The summed E-state index contributed by atoms with van der Waals surface area (Å²) in [5.41, 5.74) is 0.799. The molecule has 8 nitrogen and oxygen atoms in total. The van der Waals surface area contributed by atoms with E-state index < -0.39 is 17.4 Å². The number of nitrogens with zero attached hydrogens (tertiary/aromatic N) is 4. The van der Waals surface area contributed by atoms with Crippen LogP contribution in [0.1, 0.15) is 12.5 Å². The van der Waals surface area contributed by atoms with Crippen molar-refractivity contribution >= 4 is 27.1 Å². The highest BCUT2D eigenvalue weighted by Gasteiger charge is 2.20. The van der Waals surface area contributed by atoms with Crippen molar-refractivity contribution in [1.82, 2.24) is 18.7 Å². The number of aryl methyl sites for hydroxylation is 2. The summed E-state index contributed by atoms with van der Waals surface area (Å²) in [7, 11) is 2.96. The zero-order valence-corrected chi connectivity index (χ0v) is 16.9. The fourth-order valence-corrected chi connectivity index (χ4v) is 3.35. The Kier molecular flexibility index (Phi) is 5.52. The molecule has 0 bridgehead atoms. The number of aromatic nitrogens is 4. The molecule has 144 valence electrons. The standard InChI is InChI=1S/C18H21BrN4O4/c1-4-11-5-7-13(8-6-11)27-10-12(24)9-23-14-15(20-17(23)19)21(2)18(26)22(3)16(14)25/h5-8,12,24H,4,9-10H2,1-3H3. The van der Waals surface area contributed by atoms with E-state index in [0.717, 1.165) is 11.0 Å². The van der Waals surface area contributed by atoms with E-state index in [2.05, 4.69) is 27.8 Å². The first-order valence-electron chi connectivity index (χ1n) is 8.55. The average Bonchev–Trinajstić information content (AvgIpc) is 2.99. The van der Waals surface area contributed by atoms with Crippen LogP contribution in [-0.2, 0) is 27.1 Å². The van der Waals surface area contributed by atoms with Gasteiger partial charge in [-0.2, -0.15) is 0 Å². The second-order valence-corrected chi connectivity index (χ2v) is 7.04. The molecule has 3 aromatic rings. The van der Waals surface area contributed by atoms with Crippen LogP contribution >= 0.6 is 15.9 Å². The second-order valence-electron chi connectivity index (χ2n) is 6.33. The van der Waals surface area contributed by atoms with Crippen LogP contribution in [0, 0.1) is 0 Å². The maximum atomic E-state index is 12.5. The molecule has 0 radical (unpaired) electrons. The first-order chi connectivity index (χ1) is 12.8. The third-order valence-corrected chi connectivity index (χ3v) is 5.07. The number of halogens is 1. The Hall–Kier alpha value is -2.39. The Morgan fingerprint density at radius 2 is 1.85 bits per heavy atom. The molecular weight excluding hydrogens is 416 g/mol. The van der Waals surface area contributed by atoms with Gasteiger partial charge in [-0.3, -0.25) is 13.9 Å². The quantitative estimate of drug-likeness (QED) is 0.586. The molecule has 27 heavy (non-hydrogen) atoms. The maximum absolute atomic E-state index is 12.5. The Morgan fingerprint density at radius 1 is 1.19 bits per heavy atom. The SMILES string of the molecule is CCc1ccc(OCC(O)Cn2c(Br)nc3c2c(=O)n(C)c(=O)n3C)cc1. The number of aliphatic hydroxyl groups excluding tert-OH is 1. The number of rotatable bonds is 6. The molecule has 0 aliphatic heterocycles. The topological polar surface area (TPSA) is 91.3 Å². The Bertz CT molecular complexity index is 1080. The molecule has 0 amide bonds. The fourth-order valence-electron chi connectivity index (χ4n) is 2.86. The van der Waals surface area contributed by atoms with Gasteiger partial charge < -0.3 is 14.4 Å². The molecule has 0 fully saturated rings. The maximum Gasteiger partial charge on any atom is 0.332 e. The van der Waals surface area contributed by atoms with Crippen molar-refractivity contribution in [3.63, 3.8) is 0 Å². The monoisotopic (exact) mass is 436 g/mol. The van der Waals surface area contributed by atoms with E-state index in [1.54, 1.807) is 11.6 Å². The average molecular weight is 437 g/mol. The summed E-state index contributed by atoms with van der Waals surface area (Å²) in [5.74, 6) is 0.666. The molecule has 1 unspecified atom stereocenters. The van der Waals surface area contributed by atoms with Gasteiger partial charge in [0, 0.05) is 14.1 Å². The van der Waals surface area contributed by atoms with E-state index in [-0.39, 0.29) is 24.3 Å². The largest absolute Gasteiger partial charge is 0.491 e. The van der Waals surface area contributed by atoms with E-state index in [4.69, 9.17) is 4.74 Å². The number of hydrogen-bond donors (Lipinski definition) is 1. The Labute approximate surface area is 163 Å². The lowest BCUT2D eigenvalue weighted by Gasteiger charge is -2.14. The molecule has 0 saturated carbocycles. The van der Waals surface area contributed by atoms with Gasteiger partial charge in [0.05, 0.1) is 6.54 Å². The highest BCUT2D eigenvalue weighted by Crippen LogP contribution is 2.17. The minimum atomic E-state index is -0.869. The van der Waals surface area contributed by atoms with Gasteiger partial charge in [-0.05, 0) is 40.0 Å². The zero-order valence-electron chi connectivity index (χ0n) is 15.3. The number of aliphatic hydroxyl groups is 1. The van der Waals surface area contributed by atoms with Crippen molar-refractivity contribution in [2.24, 2.45) is 14.1 Å². The molecule has 1 atom stereocenters. The number of imidazole rings is 1. The summed E-state index contributed by atoms with van der Waals surface area (Å²) < 4.78 is 9.86. The van der Waals surface area contributed by atoms with E-state index in [1.165, 1.54) is 17.2 Å². The summed E-state index contributed by atoms with van der Waals surface area (Å²) in [6.45, 7) is 2.23. The fraction of sp³-hybridized carbons (Fsp3) is 0.389. The van der Waals surface area contributed by atoms with Crippen LogP contribution in [0.15, 0.2) is 38.6 Å². The third kappa shape index (κ3) is 3.70. The number of benzene rings is 1. The van der Waals surface area contributed by atoms with Crippen molar-refractivity contribution < 1.29 is 9.84 Å². The van der Waals surface area contributed by atoms with Crippen LogP contribution in [0.4, 0.5) is 0 Å². The van der Waals surface area contributed by atoms with Crippen molar-refractivity contribution in [3.05, 3.63) is 55.4 Å². The van der Waals surface area contributed by atoms with Gasteiger partial charge >= 0.3 is 5.69 Å². The van der Waals surface area contributed by atoms with E-state index in [0.29, 0.717) is 10.5 Å². The van der Waals surface area contributed by atoms with Gasteiger partial charge in [-0.25, -0.2) is 9.78 Å². The molecule has 1 N–H and O–H groups in total. The highest BCUT2D eigenvalue weighted by atomic mass is 79.9. The molecule has 0 aliphatic rings. The van der Waals surface area contributed by atoms with E-state index in [9.17, 15) is 14.7 Å². The number of fused-ring (bicyclic) bond motifs is 1. The summed E-state index contributed by atoms with van der Waals surface area (Å²) >= 11 is 3.30. The van der Waals surface area contributed by atoms with Crippen molar-refractivity contribution in [3.8, 4) is 5.75 Å². The lowest BCUT2D eigenvalue weighted by atomic mass is 10.2. The van der Waals surface area contributed by atoms with E-state index in [1.807, 2.05) is 24.3 Å². The van der Waals surface area contributed by atoms with Crippen LogP contribution in [0.5, 0.6) is 5.75 Å². The summed E-state index contributed by atoms with van der Waals surface area (Å²) in [6.07, 6.45) is 0.0775. The summed E-state index contributed by atoms with van der Waals surface area (Å²) in [5, 5.41) is 10.4. The van der Waals surface area contributed by atoms with Gasteiger partial charge in [0.15, 0.2) is 15.9 Å². The molecule has 9 heteroatoms. The van der Waals surface area contributed by atoms with Crippen molar-refractivity contribution in [2.75, 3.05) is 6.61 Å². The minimum Gasteiger partial charge on any atom is -0.491 e. The minimum absolute atomic E-state index is 0.0592. The highest BCUT2D eigenvalue weighted by molar-refractivity contribution is 9.10. The van der Waals surface area contributed by atoms with Gasteiger partial charge in [0.25, 0.3) is 5.56 Å². The molecule has 0 aliphatic carbocycles. The Balaban J connectivity index is 1.82. The number of ether oxygens (including phenoxy) is 1. The van der Waals surface area contributed by atoms with Crippen LogP contribution in [0.3, 0.4) is 0 Å². The van der Waals surface area contributed by atoms with Gasteiger partial charge in [0.1, 0.15) is 18.5 Å². The molecule has 1 aromatic carbocycles. The molecule has 0 saturated heterocycles. The third-order valence-electron chi connectivity index (χ3n) is 4.47. The van der Waals surface area contributed by atoms with Crippen molar-refractivity contribution in [1.29, 1.82) is 0 Å². The van der Waals surface area contributed by atoms with Crippen LogP contribution < -0.4 is 16.0 Å². The van der Waals surface area contributed by atoms with Crippen LogP contribution in [-0.4, -0.2) is 36.5 Å². The van der Waals surface area contributed by atoms with Gasteiger partial charge in [0.2, 0.25) is 0 Å². The predicted molar refractivity (Wildman–Crippen MR) is 105 cm³/mol. The second kappa shape index (κ2) is 7.69. The van der Waals surface area contributed by atoms with Gasteiger partial charge in [-0.15, -0.1) is 0 Å².